The molecule has 1 N–H and O–H groups in total. The van der Waals surface area contributed by atoms with E-state index in [-0.39, 0.29) is 11.6 Å². The molecule has 6 rings (SSSR count). The lowest BCUT2D eigenvalue weighted by atomic mass is 9.99. The number of anilines is 2. The molecule has 0 unspecified atom stereocenters. The third kappa shape index (κ3) is 3.52. The van der Waals surface area contributed by atoms with Gasteiger partial charge in [0.25, 0.3) is 5.56 Å². The Hall–Kier alpha value is -3.46. The van der Waals surface area contributed by atoms with Crippen LogP contribution in [0.15, 0.2) is 41.5 Å². The standard InChI is InChI=1S/C24H28N8O/c1-15(2)31-23(33)20-13-25-24(26-18-5-4-17-14-29(3)10-8-16(17)12-18)27-22(20)32(31)21-9-11-30(28-21)19-6-7-19/h4-5,9,11-13,15,19H,6-8,10,14H2,1-3H3,(H,25,26,27). The van der Waals surface area contributed by atoms with Crippen LogP contribution in [0, 0.1) is 0 Å². The second kappa shape index (κ2) is 7.55. The van der Waals surface area contributed by atoms with Gasteiger partial charge in [0, 0.05) is 43.3 Å². The molecule has 1 aliphatic heterocycles. The highest BCUT2D eigenvalue weighted by Gasteiger charge is 2.26. The van der Waals surface area contributed by atoms with Crippen molar-refractivity contribution in [1.29, 1.82) is 0 Å². The Bertz CT molecular complexity index is 1410. The van der Waals surface area contributed by atoms with Crippen molar-refractivity contribution in [2.45, 2.75) is 51.7 Å². The summed E-state index contributed by atoms with van der Waals surface area (Å²) in [5.74, 6) is 1.16. The van der Waals surface area contributed by atoms with Crippen molar-refractivity contribution in [2.75, 3.05) is 18.9 Å². The van der Waals surface area contributed by atoms with E-state index in [1.165, 1.54) is 11.1 Å². The molecule has 4 aromatic rings. The van der Waals surface area contributed by atoms with Crippen LogP contribution in [0.4, 0.5) is 11.6 Å². The molecule has 0 saturated heterocycles. The van der Waals surface area contributed by atoms with Crippen LogP contribution in [0.3, 0.4) is 0 Å². The highest BCUT2D eigenvalue weighted by Crippen LogP contribution is 2.34. The van der Waals surface area contributed by atoms with Gasteiger partial charge in [-0.2, -0.15) is 10.1 Å². The van der Waals surface area contributed by atoms with Crippen molar-refractivity contribution < 1.29 is 0 Å². The maximum atomic E-state index is 13.2. The fourth-order valence-electron chi connectivity index (χ4n) is 4.63. The van der Waals surface area contributed by atoms with Crippen molar-refractivity contribution in [1.82, 2.24) is 34.0 Å². The Morgan fingerprint density at radius 1 is 1.15 bits per heavy atom. The van der Waals surface area contributed by atoms with Crippen LogP contribution in [0.5, 0.6) is 0 Å². The number of hydrogen-bond donors (Lipinski definition) is 1. The highest BCUT2D eigenvalue weighted by atomic mass is 16.1. The maximum Gasteiger partial charge on any atom is 0.278 e. The number of aromatic nitrogens is 6. The van der Waals surface area contributed by atoms with Crippen molar-refractivity contribution in [3.05, 3.63) is 58.1 Å². The van der Waals surface area contributed by atoms with Gasteiger partial charge in [-0.1, -0.05) is 6.07 Å². The predicted octanol–water partition coefficient (Wildman–Crippen LogP) is 3.43. The van der Waals surface area contributed by atoms with Gasteiger partial charge in [-0.3, -0.25) is 9.48 Å². The number of hydrogen-bond acceptors (Lipinski definition) is 6. The third-order valence-corrected chi connectivity index (χ3v) is 6.51. The minimum Gasteiger partial charge on any atom is -0.324 e. The Morgan fingerprint density at radius 2 is 2.00 bits per heavy atom. The Balaban J connectivity index is 1.41. The molecule has 9 heteroatoms. The molecule has 3 aromatic heterocycles. The molecule has 1 fully saturated rings. The van der Waals surface area contributed by atoms with E-state index in [4.69, 9.17) is 10.1 Å². The van der Waals surface area contributed by atoms with Gasteiger partial charge in [0.05, 0.1) is 6.04 Å². The van der Waals surface area contributed by atoms with Crippen molar-refractivity contribution >= 4 is 22.7 Å². The average molecular weight is 445 g/mol. The summed E-state index contributed by atoms with van der Waals surface area (Å²) in [6, 6.07) is 8.78. The molecule has 9 nitrogen and oxygen atoms in total. The largest absolute Gasteiger partial charge is 0.324 e. The molecule has 1 aliphatic carbocycles. The monoisotopic (exact) mass is 444 g/mol. The summed E-state index contributed by atoms with van der Waals surface area (Å²) in [7, 11) is 2.15. The second-order valence-electron chi connectivity index (χ2n) is 9.47. The summed E-state index contributed by atoms with van der Waals surface area (Å²) >= 11 is 0. The molecule has 1 aromatic carbocycles. The fraction of sp³-hybridized carbons (Fsp3) is 0.417. The first-order chi connectivity index (χ1) is 16.0. The van der Waals surface area contributed by atoms with E-state index in [1.54, 1.807) is 10.9 Å². The highest BCUT2D eigenvalue weighted by molar-refractivity contribution is 5.77. The van der Waals surface area contributed by atoms with Gasteiger partial charge in [-0.05, 0) is 63.4 Å². The van der Waals surface area contributed by atoms with Crippen LogP contribution < -0.4 is 10.9 Å². The van der Waals surface area contributed by atoms with Gasteiger partial charge in [0.15, 0.2) is 11.5 Å². The molecule has 4 heterocycles. The summed E-state index contributed by atoms with van der Waals surface area (Å²) in [5, 5.41) is 8.58. The smallest absolute Gasteiger partial charge is 0.278 e. The number of nitrogens with zero attached hydrogens (tertiary/aromatic N) is 7. The van der Waals surface area contributed by atoms with E-state index >= 15 is 0 Å². The fourth-order valence-corrected chi connectivity index (χ4v) is 4.63. The lowest BCUT2D eigenvalue weighted by Gasteiger charge is -2.25. The molecule has 0 amide bonds. The molecule has 33 heavy (non-hydrogen) atoms. The number of likely N-dealkylation sites (N-methyl/N-ethyl adjacent to an activating group) is 1. The molecule has 0 spiro atoms. The van der Waals surface area contributed by atoms with Gasteiger partial charge in [-0.25, -0.2) is 14.3 Å². The van der Waals surface area contributed by atoms with Crippen LogP contribution in [0.1, 0.15) is 49.9 Å². The molecular formula is C24H28N8O. The number of rotatable bonds is 5. The van der Waals surface area contributed by atoms with Crippen LogP contribution >= 0.6 is 0 Å². The topological polar surface area (TPSA) is 85.8 Å². The molecule has 0 radical (unpaired) electrons. The lowest BCUT2D eigenvalue weighted by Crippen LogP contribution is -2.26. The van der Waals surface area contributed by atoms with E-state index in [9.17, 15) is 4.79 Å². The summed E-state index contributed by atoms with van der Waals surface area (Å²) in [6.45, 7) is 6.01. The average Bonchev–Trinajstić information content (AvgIpc) is 3.46. The Labute approximate surface area is 191 Å². The molecule has 2 aliphatic rings. The maximum absolute atomic E-state index is 13.2. The zero-order chi connectivity index (χ0) is 22.7. The van der Waals surface area contributed by atoms with Crippen LogP contribution in [-0.4, -0.2) is 47.6 Å². The lowest BCUT2D eigenvalue weighted by molar-refractivity contribution is 0.313. The van der Waals surface area contributed by atoms with Crippen LogP contribution in [0.2, 0.25) is 0 Å². The minimum absolute atomic E-state index is 0.0482. The molecule has 1 saturated carbocycles. The normalized spacial score (nSPS) is 16.5. The van der Waals surface area contributed by atoms with Gasteiger partial charge in [-0.15, -0.1) is 0 Å². The molecule has 0 bridgehead atoms. The van der Waals surface area contributed by atoms with Gasteiger partial charge >= 0.3 is 0 Å². The first-order valence-corrected chi connectivity index (χ1v) is 11.6. The summed E-state index contributed by atoms with van der Waals surface area (Å²) in [5.41, 5.74) is 4.12. The molecular weight excluding hydrogens is 416 g/mol. The summed E-state index contributed by atoms with van der Waals surface area (Å²) < 4.78 is 5.52. The quantitative estimate of drug-likeness (QED) is 0.508. The molecule has 170 valence electrons. The first-order valence-electron chi connectivity index (χ1n) is 11.6. The van der Waals surface area contributed by atoms with Gasteiger partial charge < -0.3 is 10.2 Å². The zero-order valence-electron chi connectivity index (χ0n) is 19.2. The van der Waals surface area contributed by atoms with E-state index in [2.05, 4.69) is 40.4 Å². The van der Waals surface area contributed by atoms with Crippen LogP contribution in [0.25, 0.3) is 16.9 Å². The summed E-state index contributed by atoms with van der Waals surface area (Å²) in [6.07, 6.45) is 6.93. The minimum atomic E-state index is -0.106. The van der Waals surface area contributed by atoms with Crippen molar-refractivity contribution in [2.24, 2.45) is 0 Å². The summed E-state index contributed by atoms with van der Waals surface area (Å²) in [4.78, 5) is 24.7. The second-order valence-corrected chi connectivity index (χ2v) is 9.47. The molecule has 0 atom stereocenters. The first kappa shape index (κ1) is 20.2. The van der Waals surface area contributed by atoms with Crippen molar-refractivity contribution in [3.63, 3.8) is 0 Å². The van der Waals surface area contributed by atoms with Gasteiger partial charge in [0.1, 0.15) is 5.39 Å². The Morgan fingerprint density at radius 3 is 2.79 bits per heavy atom. The number of benzene rings is 1. The Kier molecular flexibility index (Phi) is 4.62. The van der Waals surface area contributed by atoms with E-state index < -0.39 is 0 Å². The zero-order valence-corrected chi connectivity index (χ0v) is 19.2. The van der Waals surface area contributed by atoms with E-state index in [1.807, 2.05) is 35.5 Å². The van der Waals surface area contributed by atoms with Gasteiger partial charge in [0.2, 0.25) is 5.95 Å². The third-order valence-electron chi connectivity index (χ3n) is 6.51. The SMILES string of the molecule is CC(C)n1c(=O)c2cnc(Nc3ccc4c(c3)CCN(C)C4)nc2n1-c1ccn(C2CC2)n1. The predicted molar refractivity (Wildman–Crippen MR) is 127 cm³/mol. The van der Waals surface area contributed by atoms with Crippen molar-refractivity contribution in [3.8, 4) is 5.82 Å². The van der Waals surface area contributed by atoms with E-state index in [0.717, 1.165) is 38.0 Å². The number of nitrogens with one attached hydrogen (secondary N) is 1. The van der Waals surface area contributed by atoms with Crippen LogP contribution in [-0.2, 0) is 13.0 Å². The number of fused-ring (bicyclic) bond motifs is 2. The van der Waals surface area contributed by atoms with E-state index in [0.29, 0.717) is 28.8 Å².